The molecule has 0 radical (unpaired) electrons. The summed E-state index contributed by atoms with van der Waals surface area (Å²) in [4.78, 5) is 22.9. The fourth-order valence-electron chi connectivity index (χ4n) is 2.11. The molecule has 1 aliphatic carbocycles. The number of hydrogen-bond acceptors (Lipinski definition) is 2. The average molecular weight is 281 g/mol. The summed E-state index contributed by atoms with van der Waals surface area (Å²) in [6.07, 6.45) is 2.56. The third-order valence-electron chi connectivity index (χ3n) is 3.31. The summed E-state index contributed by atoms with van der Waals surface area (Å²) in [5.74, 6) is 0.281. The SMILES string of the molecule is Cc1ccc(NC(=O)NC2CCC(=O)CC2)cc1Cl. The van der Waals surface area contributed by atoms with E-state index in [9.17, 15) is 9.59 Å². The van der Waals surface area contributed by atoms with Gasteiger partial charge in [0.05, 0.1) is 0 Å². The minimum atomic E-state index is -0.251. The highest BCUT2D eigenvalue weighted by Crippen LogP contribution is 2.20. The van der Waals surface area contributed by atoms with E-state index in [0.717, 1.165) is 18.4 Å². The van der Waals surface area contributed by atoms with Gasteiger partial charge in [-0.25, -0.2) is 4.79 Å². The number of ketones is 1. The van der Waals surface area contributed by atoms with E-state index in [2.05, 4.69) is 10.6 Å². The molecule has 1 fully saturated rings. The lowest BCUT2D eigenvalue weighted by Gasteiger charge is -2.22. The third kappa shape index (κ3) is 3.96. The Balaban J connectivity index is 1.87. The molecule has 0 unspecified atom stereocenters. The van der Waals surface area contributed by atoms with Gasteiger partial charge in [-0.15, -0.1) is 0 Å². The molecule has 5 heteroatoms. The molecule has 19 heavy (non-hydrogen) atoms. The molecule has 1 aromatic carbocycles. The highest BCUT2D eigenvalue weighted by Gasteiger charge is 2.20. The van der Waals surface area contributed by atoms with Crippen LogP contribution in [0.5, 0.6) is 0 Å². The van der Waals surface area contributed by atoms with Gasteiger partial charge in [-0.05, 0) is 37.5 Å². The highest BCUT2D eigenvalue weighted by atomic mass is 35.5. The lowest BCUT2D eigenvalue weighted by Crippen LogP contribution is -2.40. The van der Waals surface area contributed by atoms with E-state index in [1.54, 1.807) is 6.07 Å². The van der Waals surface area contributed by atoms with Gasteiger partial charge >= 0.3 is 6.03 Å². The van der Waals surface area contributed by atoms with Crippen LogP contribution in [0, 0.1) is 6.92 Å². The van der Waals surface area contributed by atoms with Crippen LogP contribution in [0.2, 0.25) is 5.02 Å². The Bertz CT molecular complexity index is 492. The Morgan fingerprint density at radius 2 is 2.00 bits per heavy atom. The van der Waals surface area contributed by atoms with Gasteiger partial charge in [0, 0.05) is 29.6 Å². The minimum Gasteiger partial charge on any atom is -0.335 e. The maximum atomic E-state index is 11.8. The van der Waals surface area contributed by atoms with Crippen LogP contribution in [0.4, 0.5) is 10.5 Å². The molecular weight excluding hydrogens is 264 g/mol. The first-order chi connectivity index (χ1) is 9.04. The molecule has 2 rings (SSSR count). The predicted molar refractivity (Wildman–Crippen MR) is 75.6 cm³/mol. The standard InChI is InChI=1S/C14H17ClN2O2/c1-9-2-3-11(8-13(9)15)17-14(19)16-10-4-6-12(18)7-5-10/h2-3,8,10H,4-7H2,1H3,(H2,16,17,19). The van der Waals surface area contributed by atoms with Gasteiger partial charge in [0.2, 0.25) is 0 Å². The van der Waals surface area contributed by atoms with Crippen LogP contribution in [0.15, 0.2) is 18.2 Å². The van der Waals surface area contributed by atoms with Gasteiger partial charge in [-0.1, -0.05) is 17.7 Å². The summed E-state index contributed by atoms with van der Waals surface area (Å²) in [6.45, 7) is 1.91. The number of rotatable bonds is 2. The molecule has 1 aliphatic rings. The fraction of sp³-hybridized carbons (Fsp3) is 0.429. The normalized spacial score (nSPS) is 16.2. The van der Waals surface area contributed by atoms with E-state index in [4.69, 9.17) is 11.6 Å². The first-order valence-electron chi connectivity index (χ1n) is 6.40. The number of aryl methyl sites for hydroxylation is 1. The van der Waals surface area contributed by atoms with Crippen LogP contribution < -0.4 is 10.6 Å². The van der Waals surface area contributed by atoms with Crippen molar-refractivity contribution in [3.05, 3.63) is 28.8 Å². The lowest BCUT2D eigenvalue weighted by molar-refractivity contribution is -0.120. The molecule has 0 saturated heterocycles. The van der Waals surface area contributed by atoms with Crippen molar-refractivity contribution in [3.63, 3.8) is 0 Å². The van der Waals surface area contributed by atoms with E-state index in [-0.39, 0.29) is 17.9 Å². The Hall–Kier alpha value is -1.55. The number of benzene rings is 1. The van der Waals surface area contributed by atoms with E-state index in [1.165, 1.54) is 0 Å². The van der Waals surface area contributed by atoms with Gasteiger partial charge in [-0.3, -0.25) is 4.79 Å². The van der Waals surface area contributed by atoms with Crippen molar-refractivity contribution in [3.8, 4) is 0 Å². The van der Waals surface area contributed by atoms with Crippen LogP contribution in [0.25, 0.3) is 0 Å². The monoisotopic (exact) mass is 280 g/mol. The topological polar surface area (TPSA) is 58.2 Å². The molecule has 0 spiro atoms. The maximum absolute atomic E-state index is 11.8. The molecular formula is C14H17ClN2O2. The van der Waals surface area contributed by atoms with Gasteiger partial charge in [-0.2, -0.15) is 0 Å². The quantitative estimate of drug-likeness (QED) is 0.873. The van der Waals surface area contributed by atoms with Crippen molar-refractivity contribution in [1.29, 1.82) is 0 Å². The summed E-state index contributed by atoms with van der Waals surface area (Å²) in [7, 11) is 0. The van der Waals surface area contributed by atoms with Crippen LogP contribution in [-0.4, -0.2) is 17.9 Å². The summed E-state index contributed by atoms with van der Waals surface area (Å²) in [6, 6.07) is 5.22. The van der Waals surface area contributed by atoms with Crippen molar-refractivity contribution in [2.75, 3.05) is 5.32 Å². The lowest BCUT2D eigenvalue weighted by atomic mass is 9.94. The second kappa shape index (κ2) is 6.06. The molecule has 0 atom stereocenters. The molecule has 0 heterocycles. The molecule has 2 amide bonds. The number of Topliss-reactive ketones (excluding diaryl/α,β-unsaturated/α-hetero) is 1. The number of nitrogens with one attached hydrogen (secondary N) is 2. The Labute approximate surface area is 117 Å². The zero-order chi connectivity index (χ0) is 13.8. The van der Waals surface area contributed by atoms with Crippen LogP contribution in [0.1, 0.15) is 31.2 Å². The van der Waals surface area contributed by atoms with Crippen LogP contribution >= 0.6 is 11.6 Å². The number of anilines is 1. The molecule has 0 aromatic heterocycles. The summed E-state index contributed by atoms with van der Waals surface area (Å²) in [5.41, 5.74) is 1.64. The fourth-order valence-corrected chi connectivity index (χ4v) is 2.29. The van der Waals surface area contributed by atoms with Gasteiger partial charge in [0.15, 0.2) is 0 Å². The number of carbonyl (C=O) groups excluding carboxylic acids is 2. The van der Waals surface area contributed by atoms with Crippen LogP contribution in [0.3, 0.4) is 0 Å². The summed E-state index contributed by atoms with van der Waals surface area (Å²) < 4.78 is 0. The molecule has 0 aliphatic heterocycles. The first-order valence-corrected chi connectivity index (χ1v) is 6.78. The summed E-state index contributed by atoms with van der Waals surface area (Å²) in [5, 5.41) is 6.25. The van der Waals surface area contributed by atoms with Gasteiger partial charge in [0.1, 0.15) is 5.78 Å². The highest BCUT2D eigenvalue weighted by molar-refractivity contribution is 6.31. The Morgan fingerprint density at radius 3 is 2.63 bits per heavy atom. The molecule has 4 nitrogen and oxygen atoms in total. The van der Waals surface area contributed by atoms with Crippen molar-refractivity contribution >= 4 is 29.1 Å². The molecule has 1 saturated carbocycles. The first kappa shape index (κ1) is 13.9. The molecule has 1 aromatic rings. The summed E-state index contributed by atoms with van der Waals surface area (Å²) >= 11 is 6.00. The molecule has 2 N–H and O–H groups in total. The number of urea groups is 1. The van der Waals surface area contributed by atoms with E-state index >= 15 is 0 Å². The van der Waals surface area contributed by atoms with Crippen molar-refractivity contribution < 1.29 is 9.59 Å². The van der Waals surface area contributed by atoms with Gasteiger partial charge in [0.25, 0.3) is 0 Å². The zero-order valence-corrected chi connectivity index (χ0v) is 11.6. The second-order valence-corrected chi connectivity index (χ2v) is 5.28. The third-order valence-corrected chi connectivity index (χ3v) is 3.72. The van der Waals surface area contributed by atoms with E-state index in [0.29, 0.717) is 23.6 Å². The molecule has 0 bridgehead atoms. The largest absolute Gasteiger partial charge is 0.335 e. The zero-order valence-electron chi connectivity index (χ0n) is 10.8. The molecule has 102 valence electrons. The van der Waals surface area contributed by atoms with Crippen LogP contribution in [-0.2, 0) is 4.79 Å². The smallest absolute Gasteiger partial charge is 0.319 e. The van der Waals surface area contributed by atoms with E-state index in [1.807, 2.05) is 19.1 Å². The Morgan fingerprint density at radius 1 is 1.32 bits per heavy atom. The Kier molecular flexibility index (Phi) is 4.43. The number of carbonyl (C=O) groups is 2. The van der Waals surface area contributed by atoms with Crippen molar-refractivity contribution in [1.82, 2.24) is 5.32 Å². The van der Waals surface area contributed by atoms with E-state index < -0.39 is 0 Å². The maximum Gasteiger partial charge on any atom is 0.319 e. The number of hydrogen-bond donors (Lipinski definition) is 2. The number of halogens is 1. The van der Waals surface area contributed by atoms with Crippen molar-refractivity contribution in [2.45, 2.75) is 38.6 Å². The predicted octanol–water partition coefficient (Wildman–Crippen LogP) is 3.28. The average Bonchev–Trinajstić information content (AvgIpc) is 2.37. The van der Waals surface area contributed by atoms with Crippen molar-refractivity contribution in [2.24, 2.45) is 0 Å². The minimum absolute atomic E-state index is 0.0821. The van der Waals surface area contributed by atoms with Gasteiger partial charge < -0.3 is 10.6 Å². The number of amides is 2. The second-order valence-electron chi connectivity index (χ2n) is 4.88.